The van der Waals surface area contributed by atoms with Crippen molar-refractivity contribution in [2.24, 2.45) is 23.7 Å². The molecule has 5 atom stereocenters. The Morgan fingerprint density at radius 3 is 2.38 bits per heavy atom. The van der Waals surface area contributed by atoms with Crippen LogP contribution in [0, 0.1) is 23.7 Å². The molecule has 0 radical (unpaired) electrons. The first kappa shape index (κ1) is 19.2. The lowest BCUT2D eigenvalue weighted by Gasteiger charge is -2.52. The molecular formula is C27H29ClO. The van der Waals surface area contributed by atoms with E-state index < -0.39 is 5.60 Å². The molecule has 2 saturated carbocycles. The van der Waals surface area contributed by atoms with Crippen molar-refractivity contribution >= 4 is 22.4 Å². The number of hydrogen-bond donors (Lipinski definition) is 1. The first-order valence-electron chi connectivity index (χ1n) is 11.0. The van der Waals surface area contributed by atoms with Gasteiger partial charge in [-0.2, -0.15) is 0 Å². The lowest BCUT2D eigenvalue weighted by molar-refractivity contribution is -0.132. The van der Waals surface area contributed by atoms with Gasteiger partial charge in [-0.15, -0.1) is 0 Å². The van der Waals surface area contributed by atoms with Gasteiger partial charge in [-0.25, -0.2) is 0 Å². The molecule has 1 N–H and O–H groups in total. The molecule has 29 heavy (non-hydrogen) atoms. The van der Waals surface area contributed by atoms with Gasteiger partial charge in [-0.3, -0.25) is 0 Å². The molecule has 2 heteroatoms. The molecule has 2 aliphatic carbocycles. The van der Waals surface area contributed by atoms with E-state index in [1.165, 1.54) is 17.2 Å². The predicted octanol–water partition coefficient (Wildman–Crippen LogP) is 7.44. The van der Waals surface area contributed by atoms with Gasteiger partial charge < -0.3 is 5.11 Å². The summed E-state index contributed by atoms with van der Waals surface area (Å²) in [7, 11) is 0. The Morgan fingerprint density at radius 2 is 1.62 bits per heavy atom. The van der Waals surface area contributed by atoms with Crippen molar-refractivity contribution < 1.29 is 5.11 Å². The van der Waals surface area contributed by atoms with Gasteiger partial charge in [0.25, 0.3) is 0 Å². The molecule has 1 nitrogen and oxygen atoms in total. The zero-order valence-electron chi connectivity index (χ0n) is 17.2. The Morgan fingerprint density at radius 1 is 0.862 bits per heavy atom. The maximum absolute atomic E-state index is 12.4. The van der Waals surface area contributed by atoms with Crippen LogP contribution in [0.4, 0.5) is 0 Å². The second-order valence-electron chi connectivity index (χ2n) is 9.59. The van der Waals surface area contributed by atoms with Crippen LogP contribution in [0.25, 0.3) is 21.9 Å². The summed E-state index contributed by atoms with van der Waals surface area (Å²) >= 11 is 6.36. The minimum Gasteiger partial charge on any atom is -0.385 e. The highest BCUT2D eigenvalue weighted by Crippen LogP contribution is 2.56. The van der Waals surface area contributed by atoms with E-state index in [0.29, 0.717) is 11.8 Å². The van der Waals surface area contributed by atoms with Crippen molar-refractivity contribution in [3.63, 3.8) is 0 Å². The van der Waals surface area contributed by atoms with Crippen molar-refractivity contribution in [3.05, 3.63) is 71.2 Å². The molecule has 150 valence electrons. The summed E-state index contributed by atoms with van der Waals surface area (Å²) in [6.45, 7) is 4.61. The average Bonchev–Trinajstić information content (AvgIpc) is 2.71. The summed E-state index contributed by atoms with van der Waals surface area (Å²) in [5.74, 6) is 2.01. The maximum Gasteiger partial charge on any atom is 0.0956 e. The molecule has 0 aliphatic heterocycles. The standard InChI is InChI=1S/C27H29ClO/c1-17-10-19-12-18(2)27(29,23(11-17)13-19)26-16-21-7-4-3-6-20(21)15-25(26)22-8-5-9-24(28)14-22/h3-9,14-19,23,29H,10-13H2,1-2H3. The Labute approximate surface area is 178 Å². The lowest BCUT2D eigenvalue weighted by atomic mass is 9.55. The van der Waals surface area contributed by atoms with Crippen LogP contribution in [-0.4, -0.2) is 5.11 Å². The van der Waals surface area contributed by atoms with Crippen LogP contribution in [0.3, 0.4) is 0 Å². The fourth-order valence-corrected chi connectivity index (χ4v) is 6.52. The Bertz CT molecular complexity index is 1050. The molecule has 2 bridgehead atoms. The van der Waals surface area contributed by atoms with Crippen molar-refractivity contribution in [2.45, 2.75) is 45.1 Å². The molecule has 0 heterocycles. The van der Waals surface area contributed by atoms with Crippen LogP contribution in [-0.2, 0) is 5.60 Å². The van der Waals surface area contributed by atoms with Crippen LogP contribution in [0.2, 0.25) is 5.02 Å². The molecule has 2 fully saturated rings. The number of rotatable bonds is 2. The summed E-state index contributed by atoms with van der Waals surface area (Å²) < 4.78 is 0. The molecule has 3 aromatic carbocycles. The fourth-order valence-electron chi connectivity index (χ4n) is 6.33. The van der Waals surface area contributed by atoms with Gasteiger partial charge in [-0.05, 0) is 101 Å². The third-order valence-corrected chi connectivity index (χ3v) is 7.79. The van der Waals surface area contributed by atoms with E-state index in [9.17, 15) is 5.11 Å². The number of halogens is 1. The highest BCUT2D eigenvalue weighted by atomic mass is 35.5. The summed E-state index contributed by atoms with van der Waals surface area (Å²) in [5.41, 5.74) is 2.50. The van der Waals surface area contributed by atoms with Gasteiger partial charge >= 0.3 is 0 Å². The lowest BCUT2D eigenvalue weighted by Crippen LogP contribution is -2.49. The number of aliphatic hydroxyl groups is 1. The van der Waals surface area contributed by atoms with Gasteiger partial charge in [-0.1, -0.05) is 61.8 Å². The SMILES string of the molecule is CC1CC2CC(C)C(O)(c3cc4ccccc4cc3-c3cccc(Cl)c3)C(C1)C2. The summed E-state index contributed by atoms with van der Waals surface area (Å²) in [6.07, 6.45) is 4.68. The molecule has 0 spiro atoms. The summed E-state index contributed by atoms with van der Waals surface area (Å²) in [5, 5.41) is 15.5. The van der Waals surface area contributed by atoms with Crippen molar-refractivity contribution in [3.8, 4) is 11.1 Å². The first-order valence-corrected chi connectivity index (χ1v) is 11.3. The smallest absolute Gasteiger partial charge is 0.0956 e. The minimum atomic E-state index is -0.799. The van der Waals surface area contributed by atoms with E-state index >= 15 is 0 Å². The molecule has 0 aromatic heterocycles. The van der Waals surface area contributed by atoms with E-state index in [2.05, 4.69) is 56.3 Å². The van der Waals surface area contributed by atoms with Crippen LogP contribution < -0.4 is 0 Å². The normalized spacial score (nSPS) is 31.7. The van der Waals surface area contributed by atoms with Crippen molar-refractivity contribution in [1.29, 1.82) is 0 Å². The fraction of sp³-hybridized carbons (Fsp3) is 0.407. The molecule has 5 unspecified atom stereocenters. The Balaban J connectivity index is 1.75. The Hall–Kier alpha value is -1.83. The summed E-state index contributed by atoms with van der Waals surface area (Å²) in [4.78, 5) is 0. The zero-order chi connectivity index (χ0) is 20.2. The first-order chi connectivity index (χ1) is 13.9. The van der Waals surface area contributed by atoms with Gasteiger partial charge in [0.05, 0.1) is 5.60 Å². The van der Waals surface area contributed by atoms with Crippen LogP contribution in [0.1, 0.15) is 45.1 Å². The van der Waals surface area contributed by atoms with Gasteiger partial charge in [0.1, 0.15) is 0 Å². The largest absolute Gasteiger partial charge is 0.385 e. The second-order valence-corrected chi connectivity index (χ2v) is 10.0. The number of benzene rings is 3. The van der Waals surface area contributed by atoms with Gasteiger partial charge in [0.15, 0.2) is 0 Å². The number of fused-ring (bicyclic) bond motifs is 3. The average molecular weight is 405 g/mol. The molecule has 0 saturated heterocycles. The van der Waals surface area contributed by atoms with E-state index in [0.717, 1.165) is 46.9 Å². The molecular weight excluding hydrogens is 376 g/mol. The minimum absolute atomic E-state index is 0.248. The monoisotopic (exact) mass is 404 g/mol. The molecule has 2 aliphatic rings. The molecule has 0 amide bonds. The van der Waals surface area contributed by atoms with Crippen molar-refractivity contribution in [2.75, 3.05) is 0 Å². The van der Waals surface area contributed by atoms with Crippen LogP contribution >= 0.6 is 11.6 Å². The topological polar surface area (TPSA) is 20.2 Å². The molecule has 3 aromatic rings. The highest BCUT2D eigenvalue weighted by molar-refractivity contribution is 6.30. The van der Waals surface area contributed by atoms with E-state index in [-0.39, 0.29) is 5.92 Å². The molecule has 5 rings (SSSR count). The van der Waals surface area contributed by atoms with E-state index in [4.69, 9.17) is 11.6 Å². The highest BCUT2D eigenvalue weighted by Gasteiger charge is 2.51. The van der Waals surface area contributed by atoms with E-state index in [1.54, 1.807) is 0 Å². The van der Waals surface area contributed by atoms with Crippen LogP contribution in [0.5, 0.6) is 0 Å². The summed E-state index contributed by atoms with van der Waals surface area (Å²) in [6, 6.07) is 21.0. The zero-order valence-corrected chi connectivity index (χ0v) is 18.0. The third-order valence-electron chi connectivity index (χ3n) is 7.55. The third kappa shape index (κ3) is 3.20. The van der Waals surface area contributed by atoms with Gasteiger partial charge in [0, 0.05) is 5.02 Å². The van der Waals surface area contributed by atoms with E-state index in [1.807, 2.05) is 18.2 Å². The quantitative estimate of drug-likeness (QED) is 0.470. The van der Waals surface area contributed by atoms with Crippen LogP contribution in [0.15, 0.2) is 60.7 Å². The second kappa shape index (κ2) is 7.15. The van der Waals surface area contributed by atoms with Gasteiger partial charge in [0.2, 0.25) is 0 Å². The number of hydrogen-bond acceptors (Lipinski definition) is 1. The maximum atomic E-state index is 12.4. The van der Waals surface area contributed by atoms with Crippen molar-refractivity contribution in [1.82, 2.24) is 0 Å². The Kier molecular flexibility index (Phi) is 4.72. The predicted molar refractivity (Wildman–Crippen MR) is 122 cm³/mol.